The van der Waals surface area contributed by atoms with Crippen LogP contribution in [0.25, 0.3) is 0 Å². The number of hydrogen-bond donors (Lipinski definition) is 15. The molecule has 0 saturated carbocycles. The SMILES string of the molecule is CCCCCCCCCCCCCCCC(=O)N[C@H]1CC(O)C(O)NC(=O)[C@@H]2[C@@H](O)CCN2C(=O)[C@H](C(O)CC(N)=O)NC(=O)[C@H](C(O)Cc2ccc(O)c(OS(=O)(=O)O)c2)NC(=O)[C@@H]2C[C@@H](O)CN2C(=O)[C@H](CO)NC1=O. The molecule has 16 N–H and O–H groups in total. The number of nitrogens with two attached hydrogens (primary N) is 1. The molecule has 0 aliphatic carbocycles. The zero-order chi connectivity index (χ0) is 57.9. The Kier molecular flexibility index (Phi) is 25.8. The van der Waals surface area contributed by atoms with Crippen LogP contribution in [0.5, 0.6) is 11.5 Å². The third kappa shape index (κ3) is 19.8. The van der Waals surface area contributed by atoms with E-state index in [0.717, 1.165) is 55.2 Å². The summed E-state index contributed by atoms with van der Waals surface area (Å²) < 4.78 is 36.5. The van der Waals surface area contributed by atoms with E-state index in [9.17, 15) is 92.2 Å². The number of amides is 8. The van der Waals surface area contributed by atoms with Gasteiger partial charge in [-0.3, -0.25) is 42.9 Å². The highest BCUT2D eigenvalue weighted by Crippen LogP contribution is 2.29. The van der Waals surface area contributed by atoms with Crippen LogP contribution >= 0.6 is 0 Å². The van der Waals surface area contributed by atoms with Crippen LogP contribution in [0.1, 0.15) is 128 Å². The summed E-state index contributed by atoms with van der Waals surface area (Å²) in [4.78, 5) is 112. The van der Waals surface area contributed by atoms with Gasteiger partial charge in [0.25, 0.3) is 0 Å². The van der Waals surface area contributed by atoms with Gasteiger partial charge in [-0.2, -0.15) is 8.42 Å². The molecule has 4 rings (SSSR count). The van der Waals surface area contributed by atoms with Crippen LogP contribution in [0.3, 0.4) is 0 Å². The van der Waals surface area contributed by atoms with Crippen molar-refractivity contribution in [2.75, 3.05) is 19.7 Å². The lowest BCUT2D eigenvalue weighted by Gasteiger charge is -2.34. The molecule has 29 heteroatoms. The van der Waals surface area contributed by atoms with E-state index in [0.29, 0.717) is 17.7 Å². The molecule has 440 valence electrons. The first-order valence-electron chi connectivity index (χ1n) is 26.4. The molecule has 3 aliphatic rings. The third-order valence-corrected chi connectivity index (χ3v) is 14.2. The van der Waals surface area contributed by atoms with Gasteiger partial charge < -0.3 is 87.2 Å². The minimum atomic E-state index is -5.22. The van der Waals surface area contributed by atoms with Gasteiger partial charge in [0, 0.05) is 38.8 Å². The molecule has 3 heterocycles. The number of rotatable bonds is 24. The Hall–Kier alpha value is -5.79. The van der Waals surface area contributed by atoms with E-state index in [1.54, 1.807) is 0 Å². The molecule has 0 spiro atoms. The maximum atomic E-state index is 14.4. The van der Waals surface area contributed by atoms with Gasteiger partial charge in [0.1, 0.15) is 42.4 Å². The standard InChI is InChI=1S/C49H78N8O20S/c1-2-3-4-5-6-7-8-9-10-11-12-13-14-15-39(66)51-29-23-36(64)45(69)55-47(71)42-33(61)18-19-56(42)49(73)41(35(63)24-38(50)65)54-46(70)40(34(62)20-27-16-17-32(60)37(21-27)77-78(74,75)76)53-44(68)31-22-28(59)25-57(31)48(72)30(26-58)52-43(29)67/h16-17,21,28-31,33-36,40-42,45,58-64,69H,2-15,18-20,22-26H2,1H3,(H2,50,65)(H,51,66)(H,52,67)(H,53,68)(H,54,70)(H,55,71)(H,74,75,76)/t28-,29+,30+,31+,33+,34?,35?,36?,40+,41+,42+,45?/m1/s1. The Bertz CT molecular complexity index is 2330. The zero-order valence-corrected chi connectivity index (χ0v) is 44.4. The molecule has 1 aromatic rings. The number of nitrogens with zero attached hydrogens (tertiary/aromatic N) is 2. The van der Waals surface area contributed by atoms with Crippen molar-refractivity contribution >= 4 is 57.7 Å². The Balaban J connectivity index is 1.67. The number of hydrogen-bond acceptors (Lipinski definition) is 19. The minimum absolute atomic E-state index is 0.0915. The van der Waals surface area contributed by atoms with Crippen LogP contribution in [-0.2, 0) is 55.2 Å². The normalized spacial score (nSPS) is 26.8. The van der Waals surface area contributed by atoms with Gasteiger partial charge in [0.15, 0.2) is 17.7 Å². The number of phenolic OH excluding ortho intramolecular Hbond substituents is 1. The van der Waals surface area contributed by atoms with Crippen molar-refractivity contribution in [3.05, 3.63) is 23.8 Å². The zero-order valence-electron chi connectivity index (χ0n) is 43.6. The Morgan fingerprint density at radius 2 is 1.36 bits per heavy atom. The average Bonchev–Trinajstić information content (AvgIpc) is 4.00. The number of fused-ring (bicyclic) bond motifs is 2. The molecule has 78 heavy (non-hydrogen) atoms. The van der Waals surface area contributed by atoms with E-state index in [1.807, 2.05) is 5.32 Å². The van der Waals surface area contributed by atoms with E-state index in [2.05, 4.69) is 32.4 Å². The smallest absolute Gasteiger partial charge is 0.446 e. The third-order valence-electron chi connectivity index (χ3n) is 13.9. The number of carbonyl (C=O) groups excluding carboxylic acids is 8. The molecule has 1 aromatic carbocycles. The summed E-state index contributed by atoms with van der Waals surface area (Å²) in [7, 11) is -5.22. The molecule has 0 aromatic heterocycles. The Labute approximate surface area is 451 Å². The van der Waals surface area contributed by atoms with Crippen LogP contribution in [0.2, 0.25) is 0 Å². The lowest BCUT2D eigenvalue weighted by Crippen LogP contribution is -2.64. The summed E-state index contributed by atoms with van der Waals surface area (Å²) in [5, 5.41) is 98.7. The Morgan fingerprint density at radius 1 is 0.756 bits per heavy atom. The van der Waals surface area contributed by atoms with Gasteiger partial charge in [-0.05, 0) is 30.5 Å². The predicted octanol–water partition coefficient (Wildman–Crippen LogP) is -3.75. The molecule has 3 aliphatic heterocycles. The van der Waals surface area contributed by atoms with Gasteiger partial charge >= 0.3 is 10.4 Å². The molecule has 3 fully saturated rings. The van der Waals surface area contributed by atoms with Crippen molar-refractivity contribution < 1.29 is 96.4 Å². The highest BCUT2D eigenvalue weighted by atomic mass is 32.3. The highest BCUT2D eigenvalue weighted by molar-refractivity contribution is 7.81. The molecule has 3 saturated heterocycles. The van der Waals surface area contributed by atoms with Gasteiger partial charge in [-0.25, -0.2) is 0 Å². The van der Waals surface area contributed by atoms with E-state index in [-0.39, 0.29) is 18.4 Å². The monoisotopic (exact) mass is 1130 g/mol. The number of benzene rings is 1. The lowest BCUT2D eigenvalue weighted by atomic mass is 9.98. The summed E-state index contributed by atoms with van der Waals surface area (Å²) in [6, 6.07) is -9.20. The van der Waals surface area contributed by atoms with E-state index >= 15 is 0 Å². The van der Waals surface area contributed by atoms with Crippen molar-refractivity contribution in [3.63, 3.8) is 0 Å². The van der Waals surface area contributed by atoms with Crippen molar-refractivity contribution in [1.29, 1.82) is 0 Å². The molecule has 0 radical (unpaired) electrons. The second-order valence-corrected chi connectivity index (χ2v) is 21.2. The van der Waals surface area contributed by atoms with Crippen LogP contribution in [0.15, 0.2) is 18.2 Å². The topological polar surface area (TPSA) is 455 Å². The minimum Gasteiger partial charge on any atom is -0.504 e. The average molecular weight is 1130 g/mol. The predicted molar refractivity (Wildman–Crippen MR) is 272 cm³/mol. The first-order chi connectivity index (χ1) is 36.8. The molecule has 28 nitrogen and oxygen atoms in total. The first kappa shape index (κ1) is 64.7. The quantitative estimate of drug-likeness (QED) is 0.0349. The van der Waals surface area contributed by atoms with Gasteiger partial charge in [-0.15, -0.1) is 0 Å². The van der Waals surface area contributed by atoms with Gasteiger partial charge in [0.05, 0.1) is 37.4 Å². The van der Waals surface area contributed by atoms with E-state index in [4.69, 9.17) is 5.73 Å². The molecular weight excluding hydrogens is 1050 g/mol. The first-order valence-corrected chi connectivity index (χ1v) is 27.8. The second-order valence-electron chi connectivity index (χ2n) is 20.1. The van der Waals surface area contributed by atoms with Crippen molar-refractivity contribution in [1.82, 2.24) is 36.4 Å². The van der Waals surface area contributed by atoms with E-state index < -0.39 is 188 Å². The number of unbranched alkanes of at least 4 members (excludes halogenated alkanes) is 12. The molecule has 0 bridgehead atoms. The summed E-state index contributed by atoms with van der Waals surface area (Å²) in [6.45, 7) is -0.0722. The number of nitrogens with one attached hydrogen (secondary N) is 5. The fourth-order valence-electron chi connectivity index (χ4n) is 9.68. The summed E-state index contributed by atoms with van der Waals surface area (Å²) in [5.41, 5.74) is 5.18. The number of aromatic hydroxyl groups is 1. The fraction of sp³-hybridized carbons (Fsp3) is 0.714. The van der Waals surface area contributed by atoms with Crippen molar-refractivity contribution in [2.24, 2.45) is 5.73 Å². The molecule has 12 atom stereocenters. The lowest BCUT2D eigenvalue weighted by molar-refractivity contribution is -0.148. The maximum absolute atomic E-state index is 14.4. The largest absolute Gasteiger partial charge is 0.504 e. The van der Waals surface area contributed by atoms with Crippen LogP contribution in [0.4, 0.5) is 0 Å². The molecule has 8 amide bonds. The van der Waals surface area contributed by atoms with Gasteiger partial charge in [-0.1, -0.05) is 90.0 Å². The highest BCUT2D eigenvalue weighted by Gasteiger charge is 2.48. The van der Waals surface area contributed by atoms with Gasteiger partial charge in [0.2, 0.25) is 47.3 Å². The number of phenols is 1. The van der Waals surface area contributed by atoms with Crippen LogP contribution in [-0.4, -0.2) is 204 Å². The summed E-state index contributed by atoms with van der Waals surface area (Å²) in [6.07, 6.45) is -2.14. The number of carbonyl (C=O) groups is 8. The van der Waals surface area contributed by atoms with Crippen LogP contribution in [0, 0.1) is 0 Å². The summed E-state index contributed by atoms with van der Waals surface area (Å²) in [5.74, 6) is -11.5. The second kappa shape index (κ2) is 31.1. The van der Waals surface area contributed by atoms with Crippen molar-refractivity contribution in [3.8, 4) is 11.5 Å². The van der Waals surface area contributed by atoms with E-state index in [1.165, 1.54) is 38.5 Å². The van der Waals surface area contributed by atoms with Crippen molar-refractivity contribution in [2.45, 2.75) is 202 Å². The number of aliphatic hydroxyl groups is 7. The fourth-order valence-corrected chi connectivity index (χ4v) is 10.0. The Morgan fingerprint density at radius 3 is 1.95 bits per heavy atom. The summed E-state index contributed by atoms with van der Waals surface area (Å²) >= 11 is 0. The number of primary amides is 1. The maximum Gasteiger partial charge on any atom is 0.446 e. The van der Waals surface area contributed by atoms with Crippen LogP contribution < -0.4 is 36.5 Å². The number of aliphatic hydroxyl groups excluding tert-OH is 7. The molecular formula is C49H78N8O20S. The molecule has 4 unspecified atom stereocenters.